The maximum absolute atomic E-state index is 11.9. The van der Waals surface area contributed by atoms with Crippen LogP contribution in [-0.2, 0) is 27.4 Å². The lowest BCUT2D eigenvalue weighted by atomic mass is 9.99. The van der Waals surface area contributed by atoms with Gasteiger partial charge in [0.15, 0.2) is 0 Å². The number of nitrogens with one attached hydrogen (secondary N) is 1. The zero-order valence-electron chi connectivity index (χ0n) is 10.2. The minimum absolute atomic E-state index is 0.150. The fourth-order valence-electron chi connectivity index (χ4n) is 1.74. The van der Waals surface area contributed by atoms with Crippen molar-refractivity contribution in [3.8, 4) is 0 Å². The third kappa shape index (κ3) is 3.26. The summed E-state index contributed by atoms with van der Waals surface area (Å²) in [6.45, 7) is 0.552. The number of amides is 1. The SMILES string of the molecule is NC1(C(=O)NCc2cn(CC(=O)O)nn2)CCOC1. The second kappa shape index (κ2) is 5.33. The predicted octanol–water partition coefficient (Wildman–Crippen LogP) is -1.90. The van der Waals surface area contributed by atoms with Crippen molar-refractivity contribution in [3.63, 3.8) is 0 Å². The molecule has 0 spiro atoms. The molecule has 1 atom stereocenters. The van der Waals surface area contributed by atoms with Gasteiger partial charge in [-0.2, -0.15) is 0 Å². The van der Waals surface area contributed by atoms with E-state index in [2.05, 4.69) is 15.6 Å². The number of carbonyl (C=O) groups excluding carboxylic acids is 1. The van der Waals surface area contributed by atoms with Crippen LogP contribution < -0.4 is 11.1 Å². The number of nitrogens with two attached hydrogens (primary N) is 1. The van der Waals surface area contributed by atoms with Crippen LogP contribution >= 0.6 is 0 Å². The molecular weight excluding hydrogens is 254 g/mol. The monoisotopic (exact) mass is 269 g/mol. The van der Waals surface area contributed by atoms with Gasteiger partial charge in [0.25, 0.3) is 0 Å². The first-order chi connectivity index (χ1) is 8.99. The van der Waals surface area contributed by atoms with E-state index >= 15 is 0 Å². The van der Waals surface area contributed by atoms with Gasteiger partial charge in [-0.3, -0.25) is 9.59 Å². The van der Waals surface area contributed by atoms with Crippen molar-refractivity contribution in [1.82, 2.24) is 20.3 Å². The van der Waals surface area contributed by atoms with Gasteiger partial charge in [0.2, 0.25) is 5.91 Å². The number of aromatic nitrogens is 3. The summed E-state index contributed by atoms with van der Waals surface area (Å²) in [5, 5.41) is 18.6. The molecule has 1 aliphatic rings. The third-order valence-electron chi connectivity index (χ3n) is 2.82. The third-order valence-corrected chi connectivity index (χ3v) is 2.82. The molecule has 4 N–H and O–H groups in total. The Bertz CT molecular complexity index is 480. The molecule has 104 valence electrons. The van der Waals surface area contributed by atoms with Crippen LogP contribution in [0, 0.1) is 0 Å². The largest absolute Gasteiger partial charge is 0.480 e. The number of nitrogens with zero attached hydrogens (tertiary/aromatic N) is 3. The lowest BCUT2D eigenvalue weighted by Crippen LogP contribution is -2.54. The van der Waals surface area contributed by atoms with Crippen LogP contribution in [-0.4, -0.2) is 50.7 Å². The highest BCUT2D eigenvalue weighted by Crippen LogP contribution is 2.15. The smallest absolute Gasteiger partial charge is 0.325 e. The summed E-state index contributed by atoms with van der Waals surface area (Å²) >= 11 is 0. The highest BCUT2D eigenvalue weighted by molar-refractivity contribution is 5.86. The number of carbonyl (C=O) groups is 2. The van der Waals surface area contributed by atoms with Crippen molar-refractivity contribution in [3.05, 3.63) is 11.9 Å². The molecule has 1 aromatic heterocycles. The number of carboxylic acid groups (broad SMARTS) is 1. The van der Waals surface area contributed by atoms with Crippen molar-refractivity contribution >= 4 is 11.9 Å². The number of hydrogen-bond acceptors (Lipinski definition) is 6. The topological polar surface area (TPSA) is 132 Å². The first-order valence-electron chi connectivity index (χ1n) is 5.75. The molecule has 19 heavy (non-hydrogen) atoms. The van der Waals surface area contributed by atoms with Crippen LogP contribution in [0.5, 0.6) is 0 Å². The van der Waals surface area contributed by atoms with E-state index in [4.69, 9.17) is 15.6 Å². The van der Waals surface area contributed by atoms with Gasteiger partial charge in [-0.15, -0.1) is 5.10 Å². The molecule has 1 unspecified atom stereocenters. The van der Waals surface area contributed by atoms with E-state index in [1.807, 2.05) is 0 Å². The van der Waals surface area contributed by atoms with Crippen molar-refractivity contribution in [2.75, 3.05) is 13.2 Å². The average Bonchev–Trinajstić information content (AvgIpc) is 2.95. The summed E-state index contributed by atoms with van der Waals surface area (Å²) < 4.78 is 6.28. The standard InChI is InChI=1S/C10H15N5O4/c11-10(1-2-19-6-10)9(18)12-3-7-4-15(14-13-7)5-8(16)17/h4H,1-3,5-6,11H2,(H,12,18)(H,16,17). The van der Waals surface area contributed by atoms with Gasteiger partial charge in [-0.25, -0.2) is 4.68 Å². The van der Waals surface area contributed by atoms with Crippen LogP contribution in [0.4, 0.5) is 0 Å². The molecule has 1 aliphatic heterocycles. The molecule has 1 aromatic rings. The van der Waals surface area contributed by atoms with Gasteiger partial charge in [0, 0.05) is 6.61 Å². The maximum Gasteiger partial charge on any atom is 0.325 e. The predicted molar refractivity (Wildman–Crippen MR) is 61.9 cm³/mol. The van der Waals surface area contributed by atoms with Crippen LogP contribution in [0.3, 0.4) is 0 Å². The molecule has 0 aromatic carbocycles. The van der Waals surface area contributed by atoms with Crippen molar-refractivity contribution in [2.45, 2.75) is 25.0 Å². The van der Waals surface area contributed by atoms with E-state index in [1.165, 1.54) is 10.9 Å². The summed E-state index contributed by atoms with van der Waals surface area (Å²) in [5.41, 5.74) is 5.36. The number of rotatable bonds is 5. The highest BCUT2D eigenvalue weighted by atomic mass is 16.5. The number of carboxylic acids is 1. The second-order valence-corrected chi connectivity index (χ2v) is 4.44. The molecule has 2 heterocycles. The Morgan fingerprint density at radius 2 is 2.42 bits per heavy atom. The Morgan fingerprint density at radius 1 is 1.63 bits per heavy atom. The lowest BCUT2D eigenvalue weighted by molar-refractivity contribution is -0.138. The van der Waals surface area contributed by atoms with Crippen LogP contribution in [0.25, 0.3) is 0 Å². The molecule has 0 radical (unpaired) electrons. The van der Waals surface area contributed by atoms with E-state index in [0.717, 1.165) is 0 Å². The molecule has 0 bridgehead atoms. The van der Waals surface area contributed by atoms with Crippen LogP contribution in [0.2, 0.25) is 0 Å². The van der Waals surface area contributed by atoms with E-state index in [9.17, 15) is 9.59 Å². The minimum atomic E-state index is -1.01. The Kier molecular flexibility index (Phi) is 3.76. The minimum Gasteiger partial charge on any atom is -0.480 e. The zero-order chi connectivity index (χ0) is 13.9. The first-order valence-corrected chi connectivity index (χ1v) is 5.75. The summed E-state index contributed by atoms with van der Waals surface area (Å²) in [6.07, 6.45) is 1.94. The zero-order valence-corrected chi connectivity index (χ0v) is 10.2. The second-order valence-electron chi connectivity index (χ2n) is 4.44. The molecule has 0 aliphatic carbocycles. The fourth-order valence-corrected chi connectivity index (χ4v) is 1.74. The Balaban J connectivity index is 1.86. The molecule has 9 nitrogen and oxygen atoms in total. The fraction of sp³-hybridized carbons (Fsp3) is 0.600. The number of aliphatic carboxylic acids is 1. The molecule has 1 saturated heterocycles. The van der Waals surface area contributed by atoms with Crippen LogP contribution in [0.15, 0.2) is 6.20 Å². The van der Waals surface area contributed by atoms with Gasteiger partial charge < -0.3 is 20.9 Å². The van der Waals surface area contributed by atoms with Gasteiger partial charge >= 0.3 is 5.97 Å². The molecule has 1 amide bonds. The molecule has 2 rings (SSSR count). The first kappa shape index (κ1) is 13.4. The van der Waals surface area contributed by atoms with Gasteiger partial charge in [-0.05, 0) is 6.42 Å². The quantitative estimate of drug-likeness (QED) is 0.568. The lowest BCUT2D eigenvalue weighted by Gasteiger charge is -2.19. The van der Waals surface area contributed by atoms with Crippen molar-refractivity contribution in [2.24, 2.45) is 5.73 Å². The molecular formula is C10H15N5O4. The number of hydrogen-bond donors (Lipinski definition) is 3. The van der Waals surface area contributed by atoms with E-state index in [1.54, 1.807) is 0 Å². The maximum atomic E-state index is 11.9. The highest BCUT2D eigenvalue weighted by Gasteiger charge is 2.38. The van der Waals surface area contributed by atoms with Crippen molar-refractivity contribution < 1.29 is 19.4 Å². The van der Waals surface area contributed by atoms with Gasteiger partial charge in [0.1, 0.15) is 17.8 Å². The van der Waals surface area contributed by atoms with Crippen LogP contribution in [0.1, 0.15) is 12.1 Å². The summed E-state index contributed by atoms with van der Waals surface area (Å²) in [5.74, 6) is -1.32. The van der Waals surface area contributed by atoms with E-state index in [0.29, 0.717) is 18.7 Å². The Morgan fingerprint density at radius 3 is 3.05 bits per heavy atom. The molecule has 1 fully saturated rings. The van der Waals surface area contributed by atoms with E-state index in [-0.39, 0.29) is 25.6 Å². The summed E-state index contributed by atoms with van der Waals surface area (Å²) in [7, 11) is 0. The average molecular weight is 269 g/mol. The Labute approximate surface area is 108 Å². The molecule has 9 heteroatoms. The molecule has 0 saturated carbocycles. The van der Waals surface area contributed by atoms with Crippen molar-refractivity contribution in [1.29, 1.82) is 0 Å². The van der Waals surface area contributed by atoms with Gasteiger partial charge in [-0.1, -0.05) is 5.21 Å². The summed E-state index contributed by atoms with van der Waals surface area (Å²) in [4.78, 5) is 22.3. The number of ether oxygens (including phenoxy) is 1. The summed E-state index contributed by atoms with van der Waals surface area (Å²) in [6, 6.07) is 0. The van der Waals surface area contributed by atoms with E-state index < -0.39 is 11.5 Å². The normalized spacial score (nSPS) is 22.4. The Hall–Kier alpha value is -2.00. The van der Waals surface area contributed by atoms with Gasteiger partial charge in [0.05, 0.1) is 19.3 Å².